The van der Waals surface area contributed by atoms with Gasteiger partial charge < -0.3 is 10.6 Å². The minimum absolute atomic E-state index is 0.196. The van der Waals surface area contributed by atoms with Crippen molar-refractivity contribution in [2.45, 2.75) is 18.5 Å². The molecule has 0 aliphatic carbocycles. The lowest BCUT2D eigenvalue weighted by molar-refractivity contribution is -0.117. The first-order valence-corrected chi connectivity index (χ1v) is 8.08. The van der Waals surface area contributed by atoms with Crippen molar-refractivity contribution in [2.24, 2.45) is 0 Å². The second-order valence-electron chi connectivity index (χ2n) is 5.23. The zero-order valence-electron chi connectivity index (χ0n) is 12.2. The van der Waals surface area contributed by atoms with Crippen LogP contribution in [-0.4, -0.2) is 17.9 Å². The molecule has 118 valence electrons. The fourth-order valence-electron chi connectivity index (χ4n) is 2.54. The SMILES string of the molecule is O=C1C=CC[C@H]([C@@H](NC(=O)c2cccs2)c2ccc(F)cc2)N1. The maximum atomic E-state index is 13.2. The molecule has 2 aromatic rings. The molecule has 0 unspecified atom stereocenters. The minimum atomic E-state index is -0.431. The van der Waals surface area contributed by atoms with E-state index in [0.717, 1.165) is 5.56 Å². The van der Waals surface area contributed by atoms with Gasteiger partial charge in [-0.15, -0.1) is 11.3 Å². The summed E-state index contributed by atoms with van der Waals surface area (Å²) >= 11 is 1.34. The van der Waals surface area contributed by atoms with Crippen LogP contribution in [0.15, 0.2) is 53.9 Å². The van der Waals surface area contributed by atoms with Crippen molar-refractivity contribution < 1.29 is 14.0 Å². The molecule has 1 aliphatic rings. The van der Waals surface area contributed by atoms with Crippen LogP contribution in [0, 0.1) is 5.82 Å². The van der Waals surface area contributed by atoms with Crippen LogP contribution in [-0.2, 0) is 4.79 Å². The summed E-state index contributed by atoms with van der Waals surface area (Å²) in [6.07, 6.45) is 3.84. The number of halogens is 1. The predicted octanol–water partition coefficient (Wildman–Crippen LogP) is 2.80. The van der Waals surface area contributed by atoms with Crippen molar-refractivity contribution in [1.29, 1.82) is 0 Å². The highest BCUT2D eigenvalue weighted by Gasteiger charge is 2.27. The van der Waals surface area contributed by atoms with Gasteiger partial charge in [-0.05, 0) is 41.6 Å². The summed E-state index contributed by atoms with van der Waals surface area (Å²) in [5, 5.41) is 7.62. The Morgan fingerprint density at radius 3 is 2.74 bits per heavy atom. The number of hydrogen-bond acceptors (Lipinski definition) is 3. The van der Waals surface area contributed by atoms with E-state index in [9.17, 15) is 14.0 Å². The van der Waals surface area contributed by atoms with Gasteiger partial charge in [0.15, 0.2) is 0 Å². The molecule has 0 saturated carbocycles. The summed E-state index contributed by atoms with van der Waals surface area (Å²) in [6, 6.07) is 8.78. The van der Waals surface area contributed by atoms with E-state index in [1.54, 1.807) is 30.3 Å². The number of carbonyl (C=O) groups is 2. The number of amides is 2. The number of thiophene rings is 1. The molecule has 0 fully saturated rings. The Hall–Kier alpha value is -2.47. The van der Waals surface area contributed by atoms with Gasteiger partial charge in [0, 0.05) is 0 Å². The molecule has 2 N–H and O–H groups in total. The maximum Gasteiger partial charge on any atom is 0.261 e. The Morgan fingerprint density at radius 2 is 2.09 bits per heavy atom. The Balaban J connectivity index is 1.86. The fourth-order valence-corrected chi connectivity index (χ4v) is 3.16. The average Bonchev–Trinajstić information content (AvgIpc) is 3.08. The van der Waals surface area contributed by atoms with Gasteiger partial charge in [-0.25, -0.2) is 4.39 Å². The molecule has 1 aromatic carbocycles. The van der Waals surface area contributed by atoms with E-state index in [2.05, 4.69) is 10.6 Å². The van der Waals surface area contributed by atoms with Gasteiger partial charge in [-0.2, -0.15) is 0 Å². The third-order valence-corrected chi connectivity index (χ3v) is 4.52. The van der Waals surface area contributed by atoms with Gasteiger partial charge >= 0.3 is 0 Å². The summed E-state index contributed by atoms with van der Waals surface area (Å²) in [4.78, 5) is 24.6. The predicted molar refractivity (Wildman–Crippen MR) is 86.6 cm³/mol. The highest BCUT2D eigenvalue weighted by molar-refractivity contribution is 7.12. The topological polar surface area (TPSA) is 58.2 Å². The average molecular weight is 330 g/mol. The molecule has 23 heavy (non-hydrogen) atoms. The minimum Gasteiger partial charge on any atom is -0.347 e. The molecule has 1 aliphatic heterocycles. The van der Waals surface area contributed by atoms with Crippen molar-refractivity contribution in [3.63, 3.8) is 0 Å². The van der Waals surface area contributed by atoms with Gasteiger partial charge in [0.2, 0.25) is 5.91 Å². The highest BCUT2D eigenvalue weighted by atomic mass is 32.1. The monoisotopic (exact) mass is 330 g/mol. The number of hydrogen-bond donors (Lipinski definition) is 2. The van der Waals surface area contributed by atoms with Crippen molar-refractivity contribution in [1.82, 2.24) is 10.6 Å². The molecule has 2 heterocycles. The van der Waals surface area contributed by atoms with Crippen molar-refractivity contribution in [3.8, 4) is 0 Å². The molecule has 0 radical (unpaired) electrons. The highest BCUT2D eigenvalue weighted by Crippen LogP contribution is 2.23. The molecule has 0 spiro atoms. The first kappa shape index (κ1) is 15.4. The molecule has 6 heteroatoms. The second kappa shape index (κ2) is 6.75. The van der Waals surface area contributed by atoms with Crippen molar-refractivity contribution in [3.05, 3.63) is 70.2 Å². The van der Waals surface area contributed by atoms with Gasteiger partial charge in [-0.3, -0.25) is 9.59 Å². The summed E-state index contributed by atoms with van der Waals surface area (Å²) in [5.41, 5.74) is 0.747. The molecule has 2 amide bonds. The van der Waals surface area contributed by atoms with Crippen LogP contribution in [0.5, 0.6) is 0 Å². The third kappa shape index (κ3) is 3.65. The van der Waals surface area contributed by atoms with E-state index >= 15 is 0 Å². The summed E-state index contributed by atoms with van der Waals surface area (Å²) in [5.74, 6) is -0.749. The van der Waals surface area contributed by atoms with Gasteiger partial charge in [0.1, 0.15) is 5.82 Å². The quantitative estimate of drug-likeness (QED) is 0.906. The standard InChI is InChI=1S/C17H15FN2O2S/c18-12-8-6-11(7-9-12)16(13-3-1-5-15(21)19-13)20-17(22)14-4-2-10-23-14/h1-2,4-10,13,16H,3H2,(H,19,21)(H,20,22)/t13-,16+/m1/s1. The van der Waals surface area contributed by atoms with E-state index < -0.39 is 6.04 Å². The fraction of sp³-hybridized carbons (Fsp3) is 0.176. The van der Waals surface area contributed by atoms with Crippen LogP contribution in [0.1, 0.15) is 27.7 Å². The van der Waals surface area contributed by atoms with Gasteiger partial charge in [0.05, 0.1) is 17.0 Å². The number of carbonyl (C=O) groups excluding carboxylic acids is 2. The molecule has 2 atom stereocenters. The lowest BCUT2D eigenvalue weighted by atomic mass is 9.94. The van der Waals surface area contributed by atoms with Crippen LogP contribution >= 0.6 is 11.3 Å². The Labute approximate surface area is 137 Å². The summed E-state index contributed by atoms with van der Waals surface area (Å²) < 4.78 is 13.2. The normalized spacial score (nSPS) is 18.3. The third-order valence-electron chi connectivity index (χ3n) is 3.65. The van der Waals surface area contributed by atoms with E-state index in [1.165, 1.54) is 29.5 Å². The Morgan fingerprint density at radius 1 is 1.30 bits per heavy atom. The molecular formula is C17H15FN2O2S. The van der Waals surface area contributed by atoms with Gasteiger partial charge in [-0.1, -0.05) is 24.3 Å². The largest absolute Gasteiger partial charge is 0.347 e. The number of nitrogens with one attached hydrogen (secondary N) is 2. The van der Waals surface area contributed by atoms with Crippen molar-refractivity contribution >= 4 is 23.2 Å². The number of benzene rings is 1. The van der Waals surface area contributed by atoms with E-state index in [1.807, 2.05) is 5.38 Å². The second-order valence-corrected chi connectivity index (χ2v) is 6.18. The molecule has 0 bridgehead atoms. The van der Waals surface area contributed by atoms with Crippen LogP contribution in [0.4, 0.5) is 4.39 Å². The molecule has 3 rings (SSSR count). The lowest BCUT2D eigenvalue weighted by Crippen LogP contribution is -2.47. The molecule has 1 aromatic heterocycles. The zero-order chi connectivity index (χ0) is 16.2. The van der Waals surface area contributed by atoms with Crippen molar-refractivity contribution in [2.75, 3.05) is 0 Å². The van der Waals surface area contributed by atoms with Crippen LogP contribution in [0.2, 0.25) is 0 Å². The van der Waals surface area contributed by atoms with E-state index in [-0.39, 0.29) is 23.7 Å². The lowest BCUT2D eigenvalue weighted by Gasteiger charge is -2.30. The zero-order valence-corrected chi connectivity index (χ0v) is 13.0. The van der Waals surface area contributed by atoms with Crippen LogP contribution in [0.3, 0.4) is 0 Å². The van der Waals surface area contributed by atoms with Gasteiger partial charge in [0.25, 0.3) is 5.91 Å². The van der Waals surface area contributed by atoms with Crippen LogP contribution in [0.25, 0.3) is 0 Å². The molecule has 0 saturated heterocycles. The summed E-state index contributed by atoms with van der Waals surface area (Å²) in [7, 11) is 0. The van der Waals surface area contributed by atoms with E-state index in [4.69, 9.17) is 0 Å². The summed E-state index contributed by atoms with van der Waals surface area (Å²) in [6.45, 7) is 0. The Bertz CT molecular complexity index is 726. The van der Waals surface area contributed by atoms with Crippen LogP contribution < -0.4 is 10.6 Å². The molecule has 4 nitrogen and oxygen atoms in total. The Kier molecular flexibility index (Phi) is 4.52. The molecular weight excluding hydrogens is 315 g/mol. The smallest absolute Gasteiger partial charge is 0.261 e. The van der Waals surface area contributed by atoms with E-state index in [0.29, 0.717) is 11.3 Å². The first-order valence-electron chi connectivity index (χ1n) is 7.20. The maximum absolute atomic E-state index is 13.2. The first-order chi connectivity index (χ1) is 11.1. The number of rotatable bonds is 4.